The third kappa shape index (κ3) is 0.965. The average Bonchev–Trinajstić information content (AvgIpc) is 1.98. The molecule has 4 rings (SSSR count). The van der Waals surface area contributed by atoms with Crippen molar-refractivity contribution in [2.24, 2.45) is 11.8 Å². The van der Waals surface area contributed by atoms with E-state index in [9.17, 15) is 0 Å². The van der Waals surface area contributed by atoms with E-state index in [1.54, 1.807) is 11.8 Å². The van der Waals surface area contributed by atoms with Gasteiger partial charge in [0.25, 0.3) is 0 Å². The van der Waals surface area contributed by atoms with E-state index in [2.05, 4.69) is 0 Å². The maximum absolute atomic E-state index is 7.72. The van der Waals surface area contributed by atoms with Crippen LogP contribution in [0, 0.1) is 11.8 Å². The Balaban J connectivity index is 1.95. The molecule has 4 fully saturated rings. The van der Waals surface area contributed by atoms with Crippen molar-refractivity contribution < 1.29 is 4.11 Å². The van der Waals surface area contributed by atoms with Gasteiger partial charge in [-0.3, -0.25) is 0 Å². The second kappa shape index (κ2) is 1.99. The zero-order valence-corrected chi connectivity index (χ0v) is 7.49. The Morgan fingerprint density at radius 1 is 1.27 bits per heavy atom. The van der Waals surface area contributed by atoms with E-state index in [0.717, 1.165) is 24.7 Å². The van der Waals surface area contributed by atoms with Crippen LogP contribution in [0.4, 0.5) is 0 Å². The van der Waals surface area contributed by atoms with Gasteiger partial charge in [0.15, 0.2) is 0 Å². The molecule has 62 valence electrons. The van der Waals surface area contributed by atoms with Gasteiger partial charge in [-0.25, -0.2) is 0 Å². The van der Waals surface area contributed by atoms with Gasteiger partial charge in [-0.2, -0.15) is 11.8 Å². The standard InChI is InChI=1S/C10H16S/c1-10-5-7-2-8(6-10)4-9(3-7)11-10/h7-9H,2-6H2,1H3/t7-,8+,9?,10?/i1D3. The van der Waals surface area contributed by atoms with Gasteiger partial charge in [-0.05, 0) is 43.9 Å². The van der Waals surface area contributed by atoms with Crippen LogP contribution in [0.15, 0.2) is 0 Å². The van der Waals surface area contributed by atoms with E-state index in [1.807, 2.05) is 0 Å². The highest BCUT2D eigenvalue weighted by molar-refractivity contribution is 8.01. The van der Waals surface area contributed by atoms with E-state index in [4.69, 9.17) is 4.11 Å². The molecular weight excluding hydrogens is 152 g/mol. The summed E-state index contributed by atoms with van der Waals surface area (Å²) in [6, 6.07) is 0. The van der Waals surface area contributed by atoms with Crippen molar-refractivity contribution >= 4 is 11.8 Å². The van der Waals surface area contributed by atoms with Crippen molar-refractivity contribution in [3.63, 3.8) is 0 Å². The molecule has 0 aromatic heterocycles. The molecule has 2 aliphatic heterocycles. The fourth-order valence-electron chi connectivity index (χ4n) is 3.36. The highest BCUT2D eigenvalue weighted by Gasteiger charge is 2.48. The molecule has 2 unspecified atom stereocenters. The predicted octanol–water partition coefficient (Wildman–Crippen LogP) is 3.07. The van der Waals surface area contributed by atoms with Gasteiger partial charge in [0, 0.05) is 14.1 Å². The third-order valence-electron chi connectivity index (χ3n) is 3.49. The number of thioether (sulfide) groups is 1. The molecule has 4 bridgehead atoms. The molecular formula is C10H16S. The Kier molecular flexibility index (Phi) is 0.821. The Morgan fingerprint density at radius 2 is 2.00 bits per heavy atom. The Hall–Kier alpha value is 0.350. The molecule has 11 heavy (non-hydrogen) atoms. The molecule has 2 saturated carbocycles. The highest BCUT2D eigenvalue weighted by Crippen LogP contribution is 2.59. The number of hydrogen-bond donors (Lipinski definition) is 0. The normalized spacial score (nSPS) is 65.5. The van der Waals surface area contributed by atoms with Crippen LogP contribution in [-0.2, 0) is 0 Å². The van der Waals surface area contributed by atoms with Crippen LogP contribution in [-0.4, -0.2) is 10.00 Å². The maximum atomic E-state index is 7.72. The monoisotopic (exact) mass is 171 g/mol. The topological polar surface area (TPSA) is 0 Å². The summed E-state index contributed by atoms with van der Waals surface area (Å²) in [5.41, 5.74) is 0. The van der Waals surface area contributed by atoms with E-state index in [-0.39, 0.29) is 4.75 Å². The minimum atomic E-state index is -1.73. The summed E-state index contributed by atoms with van der Waals surface area (Å²) in [7, 11) is 0. The highest BCUT2D eigenvalue weighted by atomic mass is 32.2. The molecule has 2 saturated heterocycles. The Labute approximate surface area is 77.3 Å². The summed E-state index contributed by atoms with van der Waals surface area (Å²) in [4.78, 5) is 0. The van der Waals surface area contributed by atoms with Gasteiger partial charge in [-0.1, -0.05) is 6.85 Å². The molecule has 0 radical (unpaired) electrons. The zero-order chi connectivity index (χ0) is 9.97. The molecule has 1 heteroatoms. The molecule has 0 N–H and O–H groups in total. The van der Waals surface area contributed by atoms with E-state index < -0.39 is 6.85 Å². The van der Waals surface area contributed by atoms with E-state index in [1.165, 1.54) is 19.3 Å². The van der Waals surface area contributed by atoms with Crippen LogP contribution in [0.25, 0.3) is 0 Å². The molecule has 4 aliphatic rings. The van der Waals surface area contributed by atoms with Gasteiger partial charge in [0.1, 0.15) is 0 Å². The van der Waals surface area contributed by atoms with Crippen molar-refractivity contribution in [2.75, 3.05) is 0 Å². The first-order valence-corrected chi connectivity index (χ1v) is 5.54. The summed E-state index contributed by atoms with van der Waals surface area (Å²) >= 11 is 1.80. The third-order valence-corrected chi connectivity index (χ3v) is 4.99. The lowest BCUT2D eigenvalue weighted by atomic mass is 9.67. The van der Waals surface area contributed by atoms with Gasteiger partial charge in [0.05, 0.1) is 0 Å². The molecule has 0 aromatic carbocycles. The second-order valence-electron chi connectivity index (χ2n) is 4.58. The van der Waals surface area contributed by atoms with Gasteiger partial charge >= 0.3 is 0 Å². The number of rotatable bonds is 0. The van der Waals surface area contributed by atoms with Gasteiger partial charge < -0.3 is 0 Å². The Morgan fingerprint density at radius 3 is 2.55 bits per heavy atom. The van der Waals surface area contributed by atoms with Crippen molar-refractivity contribution in [3.05, 3.63) is 0 Å². The molecule has 0 spiro atoms. The fraction of sp³-hybridized carbons (Fsp3) is 1.00. The summed E-state index contributed by atoms with van der Waals surface area (Å²) < 4.78 is 22.8. The fourth-order valence-corrected chi connectivity index (χ4v) is 5.40. The summed E-state index contributed by atoms with van der Waals surface area (Å²) in [6.45, 7) is -1.73. The molecule has 2 heterocycles. The van der Waals surface area contributed by atoms with E-state index >= 15 is 0 Å². The average molecular weight is 171 g/mol. The van der Waals surface area contributed by atoms with Crippen LogP contribution in [0.1, 0.15) is 43.1 Å². The minimum absolute atomic E-state index is 0.345. The lowest BCUT2D eigenvalue weighted by Gasteiger charge is -2.54. The molecule has 0 aromatic rings. The largest absolute Gasteiger partial charge is 0.152 e. The summed E-state index contributed by atoms with van der Waals surface area (Å²) in [5, 5.41) is 0.668. The van der Waals surface area contributed by atoms with Crippen molar-refractivity contribution in [2.45, 2.75) is 49.0 Å². The van der Waals surface area contributed by atoms with Crippen molar-refractivity contribution in [3.8, 4) is 0 Å². The van der Waals surface area contributed by atoms with Crippen LogP contribution >= 0.6 is 11.8 Å². The quantitative estimate of drug-likeness (QED) is 0.540. The van der Waals surface area contributed by atoms with Crippen LogP contribution < -0.4 is 0 Å². The van der Waals surface area contributed by atoms with Crippen molar-refractivity contribution in [1.29, 1.82) is 0 Å². The summed E-state index contributed by atoms with van der Waals surface area (Å²) in [6.07, 6.45) is 5.81. The first kappa shape index (κ1) is 4.55. The molecule has 0 amide bonds. The summed E-state index contributed by atoms with van der Waals surface area (Å²) in [5.74, 6) is 1.46. The zero-order valence-electron chi connectivity index (χ0n) is 9.68. The Bertz CT molecular complexity index is 223. The maximum Gasteiger partial charge on any atom is 0.0245 e. The number of hydrogen-bond acceptors (Lipinski definition) is 1. The second-order valence-corrected chi connectivity index (χ2v) is 6.27. The van der Waals surface area contributed by atoms with Crippen LogP contribution in [0.2, 0.25) is 0 Å². The smallest absolute Gasteiger partial charge is 0.0245 e. The minimum Gasteiger partial charge on any atom is -0.152 e. The first-order chi connectivity index (χ1) is 6.48. The van der Waals surface area contributed by atoms with Crippen LogP contribution in [0.3, 0.4) is 0 Å². The molecule has 4 atom stereocenters. The molecule has 0 nitrogen and oxygen atoms in total. The van der Waals surface area contributed by atoms with Gasteiger partial charge in [0.2, 0.25) is 0 Å². The molecule has 2 aliphatic carbocycles. The lowest BCUT2D eigenvalue weighted by molar-refractivity contribution is 0.148. The predicted molar refractivity (Wildman–Crippen MR) is 49.8 cm³/mol. The lowest BCUT2D eigenvalue weighted by Crippen LogP contribution is -2.46. The van der Waals surface area contributed by atoms with E-state index in [0.29, 0.717) is 5.25 Å². The van der Waals surface area contributed by atoms with Crippen molar-refractivity contribution in [1.82, 2.24) is 0 Å². The SMILES string of the molecule is [2H]C([2H])([2H])C12C[C@@H]3CC(C[C@@H](C3)C1)S2. The first-order valence-electron chi connectivity index (χ1n) is 6.16. The van der Waals surface area contributed by atoms with Gasteiger partial charge in [-0.15, -0.1) is 0 Å². The van der Waals surface area contributed by atoms with Crippen LogP contribution in [0.5, 0.6) is 0 Å².